The van der Waals surface area contributed by atoms with Crippen molar-refractivity contribution in [3.05, 3.63) is 0 Å². The summed E-state index contributed by atoms with van der Waals surface area (Å²) in [6.45, 7) is 6.83. The van der Waals surface area contributed by atoms with Gasteiger partial charge in [0, 0.05) is 19.1 Å². The highest BCUT2D eigenvalue weighted by molar-refractivity contribution is 5.78. The first kappa shape index (κ1) is 16.7. The number of amides is 1. The molecular formula is C16H32N4O. The molecule has 0 spiro atoms. The molecule has 0 aromatic heterocycles. The quantitative estimate of drug-likeness (QED) is 0.682. The summed E-state index contributed by atoms with van der Waals surface area (Å²) in [6.07, 6.45) is 8.35. The summed E-state index contributed by atoms with van der Waals surface area (Å²) in [4.78, 5) is 16.9. The van der Waals surface area contributed by atoms with E-state index in [-0.39, 0.29) is 5.91 Å². The summed E-state index contributed by atoms with van der Waals surface area (Å²) in [5.41, 5.74) is 5.55. The molecule has 1 aliphatic heterocycles. The Morgan fingerprint density at radius 3 is 2.48 bits per heavy atom. The van der Waals surface area contributed by atoms with Gasteiger partial charge in [0.2, 0.25) is 5.91 Å². The Morgan fingerprint density at radius 2 is 1.71 bits per heavy atom. The zero-order valence-electron chi connectivity index (χ0n) is 13.4. The van der Waals surface area contributed by atoms with Gasteiger partial charge in [-0.2, -0.15) is 0 Å². The Morgan fingerprint density at radius 1 is 1.00 bits per heavy atom. The standard InChI is InChI=1S/C16H32N4O/c17-8-3-4-9-19-10-5-11-20(13-12-19)14-16(21)18-15-6-1-2-7-15/h15H,1-14,17H2,(H,18,21). The van der Waals surface area contributed by atoms with Gasteiger partial charge >= 0.3 is 0 Å². The molecule has 0 bridgehead atoms. The fourth-order valence-corrected chi connectivity index (χ4v) is 3.43. The Kier molecular flexibility index (Phi) is 7.47. The van der Waals surface area contributed by atoms with Crippen molar-refractivity contribution >= 4 is 5.91 Å². The number of nitrogens with zero attached hydrogens (tertiary/aromatic N) is 2. The molecule has 2 rings (SSSR count). The van der Waals surface area contributed by atoms with E-state index < -0.39 is 0 Å². The Hall–Kier alpha value is -0.650. The Bertz CT molecular complexity index is 305. The van der Waals surface area contributed by atoms with Crippen LogP contribution in [0.4, 0.5) is 0 Å². The summed E-state index contributed by atoms with van der Waals surface area (Å²) >= 11 is 0. The molecule has 0 atom stereocenters. The minimum absolute atomic E-state index is 0.221. The summed E-state index contributed by atoms with van der Waals surface area (Å²) in [5, 5.41) is 3.19. The fraction of sp³-hybridized carbons (Fsp3) is 0.938. The third-order valence-corrected chi connectivity index (χ3v) is 4.70. The van der Waals surface area contributed by atoms with Crippen LogP contribution in [0, 0.1) is 0 Å². The van der Waals surface area contributed by atoms with Gasteiger partial charge in [0.05, 0.1) is 6.54 Å². The van der Waals surface area contributed by atoms with E-state index in [1.54, 1.807) is 0 Å². The van der Waals surface area contributed by atoms with Crippen LogP contribution in [-0.4, -0.2) is 67.6 Å². The van der Waals surface area contributed by atoms with E-state index in [2.05, 4.69) is 15.1 Å². The van der Waals surface area contributed by atoms with Crippen molar-refractivity contribution in [2.75, 3.05) is 45.8 Å². The fourth-order valence-electron chi connectivity index (χ4n) is 3.43. The lowest BCUT2D eigenvalue weighted by atomic mass is 10.2. The second-order valence-corrected chi connectivity index (χ2v) is 6.52. The number of unbranched alkanes of at least 4 members (excludes halogenated alkanes) is 1. The van der Waals surface area contributed by atoms with Crippen LogP contribution in [0.5, 0.6) is 0 Å². The average Bonchev–Trinajstić information content (AvgIpc) is 2.87. The number of carbonyl (C=O) groups is 1. The lowest BCUT2D eigenvalue weighted by molar-refractivity contribution is -0.122. The molecule has 1 amide bonds. The molecule has 0 aromatic carbocycles. The molecule has 21 heavy (non-hydrogen) atoms. The minimum atomic E-state index is 0.221. The predicted molar refractivity (Wildman–Crippen MR) is 86.2 cm³/mol. The van der Waals surface area contributed by atoms with Gasteiger partial charge in [-0.1, -0.05) is 12.8 Å². The molecule has 5 nitrogen and oxygen atoms in total. The van der Waals surface area contributed by atoms with E-state index in [4.69, 9.17) is 5.73 Å². The zero-order chi connectivity index (χ0) is 14.9. The van der Waals surface area contributed by atoms with E-state index in [0.717, 1.165) is 45.7 Å². The van der Waals surface area contributed by atoms with Gasteiger partial charge in [0.1, 0.15) is 0 Å². The highest BCUT2D eigenvalue weighted by Gasteiger charge is 2.20. The third-order valence-electron chi connectivity index (χ3n) is 4.70. The van der Waals surface area contributed by atoms with Crippen LogP contribution in [-0.2, 0) is 4.79 Å². The molecule has 2 aliphatic rings. The zero-order valence-corrected chi connectivity index (χ0v) is 13.4. The average molecular weight is 296 g/mol. The lowest BCUT2D eigenvalue weighted by Gasteiger charge is -2.22. The van der Waals surface area contributed by atoms with E-state index >= 15 is 0 Å². The van der Waals surface area contributed by atoms with Gasteiger partial charge in [0.15, 0.2) is 0 Å². The van der Waals surface area contributed by atoms with E-state index in [1.807, 2.05) is 0 Å². The van der Waals surface area contributed by atoms with Crippen molar-refractivity contribution in [2.45, 2.75) is 51.0 Å². The first-order valence-corrected chi connectivity index (χ1v) is 8.72. The van der Waals surface area contributed by atoms with Crippen molar-refractivity contribution in [1.29, 1.82) is 0 Å². The van der Waals surface area contributed by atoms with Gasteiger partial charge in [-0.25, -0.2) is 0 Å². The summed E-state index contributed by atoms with van der Waals surface area (Å²) in [6, 6.07) is 0.442. The molecule has 1 heterocycles. The molecule has 2 fully saturated rings. The van der Waals surface area contributed by atoms with Crippen LogP contribution in [0.25, 0.3) is 0 Å². The maximum atomic E-state index is 12.1. The molecular weight excluding hydrogens is 264 g/mol. The molecule has 5 heteroatoms. The molecule has 0 aromatic rings. The molecule has 1 saturated heterocycles. The number of rotatable bonds is 7. The van der Waals surface area contributed by atoms with E-state index in [1.165, 1.54) is 38.5 Å². The summed E-state index contributed by atoms with van der Waals surface area (Å²) in [5.74, 6) is 0.221. The highest BCUT2D eigenvalue weighted by Crippen LogP contribution is 2.17. The second kappa shape index (κ2) is 9.38. The van der Waals surface area contributed by atoms with Gasteiger partial charge in [-0.15, -0.1) is 0 Å². The lowest BCUT2D eigenvalue weighted by Crippen LogP contribution is -2.42. The summed E-state index contributed by atoms with van der Waals surface area (Å²) in [7, 11) is 0. The van der Waals surface area contributed by atoms with Gasteiger partial charge in [-0.05, 0) is 58.3 Å². The summed E-state index contributed by atoms with van der Waals surface area (Å²) < 4.78 is 0. The predicted octanol–water partition coefficient (Wildman–Crippen LogP) is 0.792. The SMILES string of the molecule is NCCCCN1CCCN(CC(=O)NC2CCCC2)CC1. The van der Waals surface area contributed by atoms with Crippen molar-refractivity contribution in [3.63, 3.8) is 0 Å². The third kappa shape index (κ3) is 6.32. The molecule has 122 valence electrons. The molecule has 1 saturated carbocycles. The number of nitrogens with two attached hydrogens (primary N) is 1. The van der Waals surface area contributed by atoms with Gasteiger partial charge in [-0.3, -0.25) is 9.69 Å². The van der Waals surface area contributed by atoms with Crippen molar-refractivity contribution < 1.29 is 4.79 Å². The van der Waals surface area contributed by atoms with Crippen LogP contribution in [0.3, 0.4) is 0 Å². The van der Waals surface area contributed by atoms with E-state index in [9.17, 15) is 4.79 Å². The first-order chi connectivity index (χ1) is 10.3. The smallest absolute Gasteiger partial charge is 0.234 e. The topological polar surface area (TPSA) is 61.6 Å². The molecule has 0 radical (unpaired) electrons. The van der Waals surface area contributed by atoms with Gasteiger partial charge < -0.3 is 16.0 Å². The number of carbonyl (C=O) groups excluding carboxylic acids is 1. The Balaban J connectivity index is 1.63. The largest absolute Gasteiger partial charge is 0.352 e. The van der Waals surface area contributed by atoms with Crippen molar-refractivity contribution in [3.8, 4) is 0 Å². The molecule has 3 N–H and O–H groups in total. The van der Waals surface area contributed by atoms with Crippen LogP contribution in [0.1, 0.15) is 44.9 Å². The van der Waals surface area contributed by atoms with E-state index in [0.29, 0.717) is 12.6 Å². The number of hydrogen-bond acceptors (Lipinski definition) is 4. The molecule has 1 aliphatic carbocycles. The van der Waals surface area contributed by atoms with Crippen LogP contribution in [0.15, 0.2) is 0 Å². The second-order valence-electron chi connectivity index (χ2n) is 6.52. The monoisotopic (exact) mass is 296 g/mol. The maximum absolute atomic E-state index is 12.1. The normalized spacial score (nSPS) is 22.3. The van der Waals surface area contributed by atoms with Crippen LogP contribution < -0.4 is 11.1 Å². The van der Waals surface area contributed by atoms with Crippen molar-refractivity contribution in [1.82, 2.24) is 15.1 Å². The van der Waals surface area contributed by atoms with Crippen molar-refractivity contribution in [2.24, 2.45) is 5.73 Å². The molecule has 0 unspecified atom stereocenters. The number of nitrogens with one attached hydrogen (secondary N) is 1. The van der Waals surface area contributed by atoms with Crippen LogP contribution >= 0.6 is 0 Å². The number of hydrogen-bond donors (Lipinski definition) is 2. The van der Waals surface area contributed by atoms with Gasteiger partial charge in [0.25, 0.3) is 0 Å². The van der Waals surface area contributed by atoms with Crippen LogP contribution in [0.2, 0.25) is 0 Å². The Labute approximate surface area is 129 Å². The highest BCUT2D eigenvalue weighted by atomic mass is 16.2. The first-order valence-electron chi connectivity index (χ1n) is 8.72. The minimum Gasteiger partial charge on any atom is -0.352 e. The maximum Gasteiger partial charge on any atom is 0.234 e.